The molecule has 2 amide bonds. The number of nitrogens with one attached hydrogen (secondary N) is 4. The first-order chi connectivity index (χ1) is 25.2. The summed E-state index contributed by atoms with van der Waals surface area (Å²) < 4.78 is 1.57. The number of fused-ring (bicyclic) bond motifs is 1. The number of aromatic nitrogens is 3. The number of amides is 2. The zero-order valence-electron chi connectivity index (χ0n) is 29.6. The molecule has 2 aliphatic heterocycles. The molecule has 2 unspecified atom stereocenters. The molecular weight excluding hydrogens is 676 g/mol. The predicted octanol–water partition coefficient (Wildman–Crippen LogP) is 4.85. The summed E-state index contributed by atoms with van der Waals surface area (Å²) in [6, 6.07) is 20.4. The lowest BCUT2D eigenvalue weighted by Gasteiger charge is -2.20. The van der Waals surface area contributed by atoms with Gasteiger partial charge in [-0.3, -0.25) is 18.8 Å². The van der Waals surface area contributed by atoms with E-state index in [2.05, 4.69) is 51.4 Å². The Morgan fingerprint density at radius 1 is 0.827 bits per heavy atom. The zero-order chi connectivity index (χ0) is 36.4. The molecule has 2 aliphatic rings. The van der Waals surface area contributed by atoms with Crippen LogP contribution in [0.2, 0.25) is 5.02 Å². The van der Waals surface area contributed by atoms with Gasteiger partial charge in [-0.1, -0.05) is 54.1 Å². The topological polar surface area (TPSA) is 133 Å². The van der Waals surface area contributed by atoms with Gasteiger partial charge >= 0.3 is 0 Å². The quantitative estimate of drug-likeness (QED) is 0.144. The number of hydrogen-bond donors (Lipinski definition) is 4. The van der Waals surface area contributed by atoms with Gasteiger partial charge in [-0.2, -0.15) is 0 Å². The van der Waals surface area contributed by atoms with Gasteiger partial charge in [0.25, 0.3) is 5.56 Å². The smallest absolute Gasteiger partial charge is 0.262 e. The Kier molecular flexibility index (Phi) is 10.4. The highest BCUT2D eigenvalue weighted by atomic mass is 35.5. The van der Waals surface area contributed by atoms with Crippen LogP contribution in [-0.4, -0.2) is 65.5 Å². The molecule has 7 rings (SSSR count). The van der Waals surface area contributed by atoms with E-state index in [4.69, 9.17) is 16.6 Å². The van der Waals surface area contributed by atoms with Crippen LogP contribution in [0.3, 0.4) is 0 Å². The first-order valence-electron chi connectivity index (χ1n) is 17.7. The molecule has 11 nitrogen and oxygen atoms in total. The van der Waals surface area contributed by atoms with Crippen molar-refractivity contribution in [1.29, 1.82) is 0 Å². The average molecular weight is 719 g/mol. The fraction of sp³-hybridized carbons (Fsp3) is 0.325. The third-order valence-electron chi connectivity index (χ3n) is 9.95. The standard InChI is InChI=1S/C40H43ClN8O3/c1-24-30(25-16-17-49-35(18-25)44-21-27(40(49)52)20-43-23-29-12-15-37(51)46-29)6-4-7-31(24)32-8-5-9-33(38(32)41)34-13-10-26(39(47-34)48(2)3)19-42-22-28-11-14-36(50)45-28/h4-10,13,16-18,21,28-29,42-43H,11-12,14-15,19-20,22-23H2,1-3H3,(H,45,50)(H,46,51). The molecule has 3 aromatic heterocycles. The first kappa shape index (κ1) is 35.3. The molecule has 0 aliphatic carbocycles. The zero-order valence-corrected chi connectivity index (χ0v) is 30.4. The summed E-state index contributed by atoms with van der Waals surface area (Å²) in [5.74, 6) is 1.04. The van der Waals surface area contributed by atoms with Crippen LogP contribution in [0.15, 0.2) is 77.9 Å². The monoisotopic (exact) mass is 718 g/mol. The molecule has 52 heavy (non-hydrogen) atoms. The minimum Gasteiger partial charge on any atom is -0.362 e. The third kappa shape index (κ3) is 7.43. The maximum Gasteiger partial charge on any atom is 0.262 e. The van der Waals surface area contributed by atoms with Crippen LogP contribution in [0.4, 0.5) is 5.82 Å². The van der Waals surface area contributed by atoms with E-state index in [-0.39, 0.29) is 29.5 Å². The number of rotatable bonds is 12. The SMILES string of the molecule is Cc1c(-c2ccn3c(=O)c(CNCC4CCC(=O)N4)cnc3c2)cccc1-c1cccc(-c2ccc(CNCC3CCC(=O)N3)c(N(C)C)n2)c1Cl. The van der Waals surface area contributed by atoms with E-state index >= 15 is 0 Å². The van der Waals surface area contributed by atoms with Crippen LogP contribution in [0, 0.1) is 6.92 Å². The summed E-state index contributed by atoms with van der Waals surface area (Å²) in [7, 11) is 3.96. The number of nitrogens with zero attached hydrogens (tertiary/aromatic N) is 4. The molecule has 12 heteroatoms. The highest BCUT2D eigenvalue weighted by Crippen LogP contribution is 2.40. The first-order valence-corrected chi connectivity index (χ1v) is 18.1. The van der Waals surface area contributed by atoms with Crippen LogP contribution in [-0.2, 0) is 22.7 Å². The van der Waals surface area contributed by atoms with Crippen molar-refractivity contribution in [2.24, 2.45) is 0 Å². The second kappa shape index (κ2) is 15.2. The predicted molar refractivity (Wildman–Crippen MR) is 205 cm³/mol. The lowest BCUT2D eigenvalue weighted by atomic mass is 9.92. The van der Waals surface area contributed by atoms with E-state index < -0.39 is 0 Å². The molecule has 0 bridgehead atoms. The summed E-state index contributed by atoms with van der Waals surface area (Å²) in [5, 5.41) is 13.3. The third-order valence-corrected chi connectivity index (χ3v) is 10.4. The minimum absolute atomic E-state index is 0.0726. The molecule has 0 radical (unpaired) electrons. The maximum atomic E-state index is 13.3. The van der Waals surface area contributed by atoms with Crippen molar-refractivity contribution in [1.82, 2.24) is 35.6 Å². The highest BCUT2D eigenvalue weighted by molar-refractivity contribution is 6.36. The van der Waals surface area contributed by atoms with Crippen LogP contribution in [0.1, 0.15) is 42.4 Å². The van der Waals surface area contributed by atoms with E-state index in [1.165, 1.54) is 0 Å². The van der Waals surface area contributed by atoms with E-state index in [9.17, 15) is 14.4 Å². The molecule has 268 valence electrons. The normalized spacial score (nSPS) is 17.1. The van der Waals surface area contributed by atoms with Crippen molar-refractivity contribution in [3.8, 4) is 33.5 Å². The van der Waals surface area contributed by atoms with Gasteiger partial charge in [0.1, 0.15) is 11.5 Å². The van der Waals surface area contributed by atoms with Gasteiger partial charge in [0.15, 0.2) is 0 Å². The van der Waals surface area contributed by atoms with Crippen molar-refractivity contribution in [2.45, 2.75) is 57.8 Å². The van der Waals surface area contributed by atoms with Crippen LogP contribution >= 0.6 is 11.6 Å². The fourth-order valence-electron chi connectivity index (χ4n) is 7.16. The fourth-order valence-corrected chi connectivity index (χ4v) is 7.48. The van der Waals surface area contributed by atoms with Crippen LogP contribution in [0.25, 0.3) is 39.2 Å². The van der Waals surface area contributed by atoms with E-state index in [1.807, 2.05) is 61.5 Å². The molecular formula is C40H43ClN8O3. The molecule has 2 saturated heterocycles. The summed E-state index contributed by atoms with van der Waals surface area (Å²) in [6.45, 7) is 4.41. The minimum atomic E-state index is -0.122. The molecule has 4 N–H and O–H groups in total. The van der Waals surface area contributed by atoms with Gasteiger partial charge in [0, 0.05) is 99.8 Å². The number of pyridine rings is 2. The van der Waals surface area contributed by atoms with Crippen molar-refractivity contribution < 1.29 is 9.59 Å². The lowest BCUT2D eigenvalue weighted by molar-refractivity contribution is -0.120. The Morgan fingerprint density at radius 3 is 2.12 bits per heavy atom. The lowest BCUT2D eigenvalue weighted by Crippen LogP contribution is -2.36. The molecule has 2 aromatic carbocycles. The Labute approximate surface area is 307 Å². The second-order valence-electron chi connectivity index (χ2n) is 13.8. The molecule has 5 aromatic rings. The number of hydrogen-bond acceptors (Lipinski definition) is 8. The Hall–Kier alpha value is -5.10. The van der Waals surface area contributed by atoms with Gasteiger partial charge in [-0.25, -0.2) is 9.97 Å². The van der Waals surface area contributed by atoms with Crippen molar-refractivity contribution in [3.63, 3.8) is 0 Å². The molecule has 2 atom stereocenters. The largest absolute Gasteiger partial charge is 0.362 e. The summed E-state index contributed by atoms with van der Waals surface area (Å²) in [6.07, 6.45) is 6.19. The molecule has 5 heterocycles. The van der Waals surface area contributed by atoms with Crippen LogP contribution < -0.4 is 31.7 Å². The summed E-state index contributed by atoms with van der Waals surface area (Å²) >= 11 is 7.21. The molecule has 0 spiro atoms. The maximum absolute atomic E-state index is 13.3. The Balaban J connectivity index is 1.11. The average Bonchev–Trinajstić information content (AvgIpc) is 3.76. The number of halogens is 1. The number of carbonyl (C=O) groups is 2. The Bertz CT molecular complexity index is 2220. The van der Waals surface area contributed by atoms with Gasteiger partial charge in [-0.15, -0.1) is 0 Å². The van der Waals surface area contributed by atoms with E-state index in [0.29, 0.717) is 55.3 Å². The van der Waals surface area contributed by atoms with Crippen molar-refractivity contribution >= 4 is 34.9 Å². The van der Waals surface area contributed by atoms with Crippen molar-refractivity contribution in [3.05, 3.63) is 105 Å². The number of carbonyl (C=O) groups excluding carboxylic acids is 2. The van der Waals surface area contributed by atoms with E-state index in [1.54, 1.807) is 16.8 Å². The van der Waals surface area contributed by atoms with E-state index in [0.717, 1.165) is 63.3 Å². The molecule has 0 saturated carbocycles. The number of benzene rings is 2. The van der Waals surface area contributed by atoms with Gasteiger partial charge < -0.3 is 26.2 Å². The van der Waals surface area contributed by atoms with Gasteiger partial charge in [0.05, 0.1) is 10.7 Å². The summed E-state index contributed by atoms with van der Waals surface area (Å²) in [4.78, 5) is 48.0. The van der Waals surface area contributed by atoms with Crippen LogP contribution in [0.5, 0.6) is 0 Å². The highest BCUT2D eigenvalue weighted by Gasteiger charge is 2.22. The van der Waals surface area contributed by atoms with Gasteiger partial charge in [-0.05, 0) is 60.2 Å². The Morgan fingerprint density at radius 2 is 1.46 bits per heavy atom. The molecule has 2 fully saturated rings. The van der Waals surface area contributed by atoms with Gasteiger partial charge in [0.2, 0.25) is 11.8 Å². The summed E-state index contributed by atoms with van der Waals surface area (Å²) in [5.41, 5.74) is 8.60. The number of anilines is 1. The second-order valence-corrected chi connectivity index (χ2v) is 14.2. The van der Waals surface area contributed by atoms with Crippen molar-refractivity contribution in [2.75, 3.05) is 32.1 Å².